The first-order chi connectivity index (χ1) is 13.2. The summed E-state index contributed by atoms with van der Waals surface area (Å²) in [6.07, 6.45) is 1.80. The van der Waals surface area contributed by atoms with Gasteiger partial charge in [0.2, 0.25) is 0 Å². The standard InChI is InChI=1S/C20H24N4O4/c1-21(2)19(28)24-9-13-8-23(11-20(13,12-24)18(26)27)17(25)15-10-22(3)16-7-5-4-6-14(15)16/h4-7,10,13H,8-9,11-12H2,1-3H3,(H,26,27)/t13-,20-/m0/s1. The molecule has 2 aliphatic heterocycles. The summed E-state index contributed by atoms with van der Waals surface area (Å²) >= 11 is 0. The van der Waals surface area contributed by atoms with E-state index >= 15 is 0 Å². The molecule has 2 aliphatic rings. The third-order valence-corrected chi connectivity index (χ3v) is 6.10. The van der Waals surface area contributed by atoms with Crippen molar-refractivity contribution in [3.63, 3.8) is 0 Å². The van der Waals surface area contributed by atoms with Gasteiger partial charge in [-0.2, -0.15) is 0 Å². The van der Waals surface area contributed by atoms with E-state index in [1.807, 2.05) is 35.9 Å². The van der Waals surface area contributed by atoms with Gasteiger partial charge in [0.1, 0.15) is 5.41 Å². The second-order valence-electron chi connectivity index (χ2n) is 8.07. The van der Waals surface area contributed by atoms with Gasteiger partial charge in [0.15, 0.2) is 0 Å². The second kappa shape index (κ2) is 6.25. The molecule has 0 radical (unpaired) electrons. The third kappa shape index (κ3) is 2.55. The highest BCUT2D eigenvalue weighted by atomic mass is 16.4. The second-order valence-corrected chi connectivity index (χ2v) is 8.07. The van der Waals surface area contributed by atoms with E-state index in [9.17, 15) is 19.5 Å². The number of hydrogen-bond donors (Lipinski definition) is 1. The van der Waals surface area contributed by atoms with Crippen LogP contribution in [-0.4, -0.2) is 82.6 Å². The van der Waals surface area contributed by atoms with E-state index in [-0.39, 0.29) is 30.9 Å². The minimum atomic E-state index is -1.11. The molecule has 2 fully saturated rings. The molecule has 8 nitrogen and oxygen atoms in total. The Labute approximate surface area is 162 Å². The Bertz CT molecular complexity index is 982. The highest BCUT2D eigenvalue weighted by molar-refractivity contribution is 6.07. The zero-order valence-electron chi connectivity index (χ0n) is 16.3. The molecule has 0 spiro atoms. The number of fused-ring (bicyclic) bond motifs is 2. The number of hydrogen-bond acceptors (Lipinski definition) is 3. The molecule has 1 aromatic carbocycles. The Hall–Kier alpha value is -3.03. The minimum Gasteiger partial charge on any atom is -0.481 e. The van der Waals surface area contributed by atoms with E-state index in [4.69, 9.17) is 0 Å². The zero-order valence-corrected chi connectivity index (χ0v) is 16.3. The lowest BCUT2D eigenvalue weighted by Crippen LogP contribution is -2.45. The van der Waals surface area contributed by atoms with Crippen molar-refractivity contribution in [1.29, 1.82) is 0 Å². The fraction of sp³-hybridized carbons (Fsp3) is 0.450. The molecule has 28 heavy (non-hydrogen) atoms. The average Bonchev–Trinajstić information content (AvgIpc) is 3.30. The smallest absolute Gasteiger partial charge is 0.319 e. The number of urea groups is 1. The molecule has 2 aromatic rings. The minimum absolute atomic E-state index is 0.117. The maximum absolute atomic E-state index is 13.2. The van der Waals surface area contributed by atoms with Crippen LogP contribution in [0.1, 0.15) is 10.4 Å². The van der Waals surface area contributed by atoms with Gasteiger partial charge in [-0.25, -0.2) is 4.79 Å². The largest absolute Gasteiger partial charge is 0.481 e. The van der Waals surface area contributed by atoms with Crippen LogP contribution in [0.3, 0.4) is 0 Å². The van der Waals surface area contributed by atoms with Crippen molar-refractivity contribution in [3.8, 4) is 0 Å². The number of likely N-dealkylation sites (tertiary alicyclic amines) is 2. The fourth-order valence-corrected chi connectivity index (χ4v) is 4.63. The van der Waals surface area contributed by atoms with Gasteiger partial charge >= 0.3 is 12.0 Å². The van der Waals surface area contributed by atoms with Crippen LogP contribution in [-0.2, 0) is 11.8 Å². The summed E-state index contributed by atoms with van der Waals surface area (Å²) in [7, 11) is 5.20. The summed E-state index contributed by atoms with van der Waals surface area (Å²) < 4.78 is 1.91. The highest BCUT2D eigenvalue weighted by Gasteiger charge is 2.59. The van der Waals surface area contributed by atoms with Gasteiger partial charge in [-0.1, -0.05) is 18.2 Å². The van der Waals surface area contributed by atoms with Crippen molar-refractivity contribution < 1.29 is 19.5 Å². The predicted molar refractivity (Wildman–Crippen MR) is 103 cm³/mol. The number of carbonyl (C=O) groups excluding carboxylic acids is 2. The molecule has 2 saturated heterocycles. The highest BCUT2D eigenvalue weighted by Crippen LogP contribution is 2.43. The van der Waals surface area contributed by atoms with Crippen LogP contribution in [0.25, 0.3) is 10.9 Å². The molecule has 4 rings (SSSR count). The Morgan fingerprint density at radius 3 is 2.39 bits per heavy atom. The van der Waals surface area contributed by atoms with Gasteiger partial charge in [-0.15, -0.1) is 0 Å². The van der Waals surface area contributed by atoms with Gasteiger partial charge in [0.25, 0.3) is 5.91 Å². The lowest BCUT2D eigenvalue weighted by molar-refractivity contribution is -0.148. The Morgan fingerprint density at radius 1 is 1.11 bits per heavy atom. The summed E-state index contributed by atoms with van der Waals surface area (Å²) in [6, 6.07) is 7.48. The third-order valence-electron chi connectivity index (χ3n) is 6.10. The van der Waals surface area contributed by atoms with Crippen LogP contribution < -0.4 is 0 Å². The molecule has 0 saturated carbocycles. The molecule has 3 heterocycles. The van der Waals surface area contributed by atoms with Crippen LogP contribution in [0.15, 0.2) is 30.5 Å². The van der Waals surface area contributed by atoms with Gasteiger partial charge in [0.05, 0.1) is 5.56 Å². The van der Waals surface area contributed by atoms with E-state index in [2.05, 4.69) is 0 Å². The zero-order chi connectivity index (χ0) is 20.2. The Kier molecular flexibility index (Phi) is 4.10. The summed E-state index contributed by atoms with van der Waals surface area (Å²) in [5.41, 5.74) is 0.437. The fourth-order valence-electron chi connectivity index (χ4n) is 4.63. The van der Waals surface area contributed by atoms with Crippen LogP contribution in [0.4, 0.5) is 4.79 Å². The van der Waals surface area contributed by atoms with Crippen molar-refractivity contribution in [2.45, 2.75) is 0 Å². The molecule has 0 unspecified atom stereocenters. The number of carbonyl (C=O) groups is 3. The lowest BCUT2D eigenvalue weighted by Gasteiger charge is -2.27. The SMILES string of the molecule is CN(C)C(=O)N1C[C@@H]2CN(C(=O)c3cn(C)c4ccccc34)C[C@]2(C(=O)O)C1. The first kappa shape index (κ1) is 18.3. The summed E-state index contributed by atoms with van der Waals surface area (Å²) in [6.45, 7) is 0.934. The number of aliphatic carboxylic acids is 1. The molecule has 1 aromatic heterocycles. The summed E-state index contributed by atoms with van der Waals surface area (Å²) in [5, 5.41) is 10.8. The maximum Gasteiger partial charge on any atom is 0.319 e. The number of carboxylic acid groups (broad SMARTS) is 1. The molecular formula is C20H24N4O4. The molecule has 1 N–H and O–H groups in total. The molecule has 0 aliphatic carbocycles. The van der Waals surface area contributed by atoms with Gasteiger partial charge in [-0.3, -0.25) is 9.59 Å². The van der Waals surface area contributed by atoms with E-state index in [0.29, 0.717) is 18.7 Å². The van der Waals surface area contributed by atoms with Crippen molar-refractivity contribution in [2.75, 3.05) is 40.3 Å². The number of amides is 3. The number of benzene rings is 1. The summed E-state index contributed by atoms with van der Waals surface area (Å²) in [4.78, 5) is 42.4. The number of nitrogens with zero attached hydrogens (tertiary/aromatic N) is 4. The van der Waals surface area contributed by atoms with E-state index < -0.39 is 11.4 Å². The monoisotopic (exact) mass is 384 g/mol. The van der Waals surface area contributed by atoms with E-state index in [1.165, 1.54) is 4.90 Å². The van der Waals surface area contributed by atoms with Crippen LogP contribution >= 0.6 is 0 Å². The van der Waals surface area contributed by atoms with Crippen LogP contribution in [0.5, 0.6) is 0 Å². The normalized spacial score (nSPS) is 23.9. The van der Waals surface area contributed by atoms with Crippen molar-refractivity contribution in [2.24, 2.45) is 18.4 Å². The maximum atomic E-state index is 13.2. The molecule has 8 heteroatoms. The van der Waals surface area contributed by atoms with Gasteiger partial charge < -0.3 is 24.4 Å². The first-order valence-electron chi connectivity index (χ1n) is 9.27. The topological polar surface area (TPSA) is 86.1 Å². The van der Waals surface area contributed by atoms with Gasteiger partial charge in [-0.05, 0) is 6.07 Å². The number of para-hydroxylation sites is 1. The molecular weight excluding hydrogens is 360 g/mol. The molecule has 0 bridgehead atoms. The molecule has 2 atom stereocenters. The van der Waals surface area contributed by atoms with Crippen molar-refractivity contribution >= 4 is 28.8 Å². The average molecular weight is 384 g/mol. The number of carboxylic acids is 1. The Morgan fingerprint density at radius 2 is 1.75 bits per heavy atom. The van der Waals surface area contributed by atoms with Crippen molar-refractivity contribution in [1.82, 2.24) is 19.3 Å². The summed E-state index contributed by atoms with van der Waals surface area (Å²) in [5.74, 6) is -1.37. The van der Waals surface area contributed by atoms with Crippen molar-refractivity contribution in [3.05, 3.63) is 36.0 Å². The quantitative estimate of drug-likeness (QED) is 0.846. The number of aryl methyl sites for hydroxylation is 1. The van der Waals surface area contributed by atoms with Crippen LogP contribution in [0, 0.1) is 11.3 Å². The lowest BCUT2D eigenvalue weighted by atomic mass is 9.81. The van der Waals surface area contributed by atoms with E-state index in [0.717, 1.165) is 10.9 Å². The Balaban J connectivity index is 1.62. The number of rotatable bonds is 2. The van der Waals surface area contributed by atoms with Gasteiger partial charge in [0, 0.05) is 70.3 Å². The van der Waals surface area contributed by atoms with E-state index in [1.54, 1.807) is 30.1 Å². The first-order valence-corrected chi connectivity index (χ1v) is 9.27. The number of aromatic nitrogens is 1. The molecule has 148 valence electrons. The van der Waals surface area contributed by atoms with Crippen LogP contribution in [0.2, 0.25) is 0 Å². The molecule has 3 amide bonds. The predicted octanol–water partition coefficient (Wildman–Crippen LogP) is 1.32.